The van der Waals surface area contributed by atoms with Gasteiger partial charge in [0, 0.05) is 12.6 Å². The molecular formula is C19H26N2O3. The topological polar surface area (TPSA) is 58.6 Å². The molecule has 2 aliphatic rings. The fraction of sp³-hybridized carbons (Fsp3) is 0.579. The van der Waals surface area contributed by atoms with Gasteiger partial charge in [-0.2, -0.15) is 0 Å². The van der Waals surface area contributed by atoms with Crippen LogP contribution in [0.2, 0.25) is 0 Å². The maximum atomic E-state index is 12.2. The Hall–Kier alpha value is -2.04. The summed E-state index contributed by atoms with van der Waals surface area (Å²) in [7, 11) is 0. The van der Waals surface area contributed by atoms with E-state index in [0.29, 0.717) is 19.0 Å². The monoisotopic (exact) mass is 330 g/mol. The third kappa shape index (κ3) is 3.55. The van der Waals surface area contributed by atoms with E-state index in [2.05, 4.69) is 31.3 Å². The molecule has 3 atom stereocenters. The molecule has 0 spiro atoms. The number of nitrogens with zero attached hydrogens (tertiary/aromatic N) is 1. The lowest BCUT2D eigenvalue weighted by Crippen LogP contribution is -2.33. The van der Waals surface area contributed by atoms with Gasteiger partial charge in [-0.1, -0.05) is 19.9 Å². The predicted molar refractivity (Wildman–Crippen MR) is 93.1 cm³/mol. The molecule has 1 aromatic carbocycles. The van der Waals surface area contributed by atoms with E-state index in [4.69, 9.17) is 4.74 Å². The van der Waals surface area contributed by atoms with E-state index in [1.54, 1.807) is 4.90 Å². The Balaban J connectivity index is 1.74. The van der Waals surface area contributed by atoms with Crippen molar-refractivity contribution in [3.05, 3.63) is 29.3 Å². The van der Waals surface area contributed by atoms with E-state index in [1.165, 1.54) is 24.5 Å². The van der Waals surface area contributed by atoms with Gasteiger partial charge in [0.25, 0.3) is 0 Å². The van der Waals surface area contributed by atoms with Crippen molar-refractivity contribution in [1.82, 2.24) is 5.32 Å². The number of anilines is 1. The molecule has 2 amide bonds. The molecule has 1 fully saturated rings. The molecule has 0 aromatic heterocycles. The lowest BCUT2D eigenvalue weighted by Gasteiger charge is -2.17. The molecule has 1 aliphatic heterocycles. The van der Waals surface area contributed by atoms with Gasteiger partial charge in [-0.05, 0) is 54.4 Å². The number of fused-ring (bicyclic) bond motifs is 1. The van der Waals surface area contributed by atoms with E-state index in [-0.39, 0.29) is 18.1 Å². The fourth-order valence-electron chi connectivity index (χ4n) is 3.52. The smallest absolute Gasteiger partial charge is 0.414 e. The average molecular weight is 330 g/mol. The Labute approximate surface area is 143 Å². The van der Waals surface area contributed by atoms with Crippen molar-refractivity contribution < 1.29 is 14.3 Å². The molecule has 3 rings (SSSR count). The van der Waals surface area contributed by atoms with Gasteiger partial charge in [0.2, 0.25) is 5.91 Å². The summed E-state index contributed by atoms with van der Waals surface area (Å²) in [5.74, 6) is 1.30. The van der Waals surface area contributed by atoms with Crippen molar-refractivity contribution in [3.8, 4) is 0 Å². The maximum Gasteiger partial charge on any atom is 0.414 e. The van der Waals surface area contributed by atoms with Gasteiger partial charge in [0.05, 0.1) is 13.1 Å². The Morgan fingerprint density at radius 1 is 1.29 bits per heavy atom. The molecule has 1 aliphatic carbocycles. The van der Waals surface area contributed by atoms with Gasteiger partial charge in [-0.3, -0.25) is 9.69 Å². The van der Waals surface area contributed by atoms with Gasteiger partial charge < -0.3 is 10.1 Å². The van der Waals surface area contributed by atoms with Crippen LogP contribution in [0.15, 0.2) is 18.2 Å². The second-order valence-electron chi connectivity index (χ2n) is 7.20. The normalized spacial score (nSPS) is 26.5. The summed E-state index contributed by atoms with van der Waals surface area (Å²) < 4.78 is 5.35. The van der Waals surface area contributed by atoms with E-state index in [0.717, 1.165) is 24.4 Å². The van der Waals surface area contributed by atoms with Crippen LogP contribution in [-0.4, -0.2) is 31.2 Å². The molecule has 0 saturated carbocycles. The lowest BCUT2D eigenvalue weighted by atomic mass is 9.90. The van der Waals surface area contributed by atoms with Crippen molar-refractivity contribution >= 4 is 17.7 Å². The number of cyclic esters (lactones) is 1. The van der Waals surface area contributed by atoms with Crippen LogP contribution in [0, 0.1) is 11.8 Å². The molecule has 0 radical (unpaired) electrons. The molecule has 2 unspecified atom stereocenters. The van der Waals surface area contributed by atoms with Crippen LogP contribution in [0.1, 0.15) is 38.3 Å². The number of ether oxygens (including phenoxy) is 1. The molecule has 24 heavy (non-hydrogen) atoms. The SMILES string of the molecule is CC(=O)NC[C@H]1CN(c2ccc3c(c2)CCC(C)C(C)C3)C(=O)O1. The van der Waals surface area contributed by atoms with Crippen molar-refractivity contribution in [2.24, 2.45) is 11.8 Å². The fourth-order valence-corrected chi connectivity index (χ4v) is 3.52. The number of hydrogen-bond donors (Lipinski definition) is 1. The van der Waals surface area contributed by atoms with Gasteiger partial charge in [0.1, 0.15) is 6.10 Å². The zero-order chi connectivity index (χ0) is 17.3. The van der Waals surface area contributed by atoms with Gasteiger partial charge in [0.15, 0.2) is 0 Å². The van der Waals surface area contributed by atoms with Gasteiger partial charge >= 0.3 is 6.09 Å². The minimum Gasteiger partial charge on any atom is -0.442 e. The van der Waals surface area contributed by atoms with E-state index in [1.807, 2.05) is 6.07 Å². The second kappa shape index (κ2) is 6.83. The minimum absolute atomic E-state index is 0.113. The maximum absolute atomic E-state index is 12.2. The van der Waals surface area contributed by atoms with E-state index in [9.17, 15) is 9.59 Å². The quantitative estimate of drug-likeness (QED) is 0.867. The van der Waals surface area contributed by atoms with Crippen molar-refractivity contribution in [2.45, 2.75) is 46.1 Å². The molecule has 0 bridgehead atoms. The summed E-state index contributed by atoms with van der Waals surface area (Å²) >= 11 is 0. The highest BCUT2D eigenvalue weighted by Gasteiger charge is 2.33. The molecule has 1 saturated heterocycles. The summed E-state index contributed by atoms with van der Waals surface area (Å²) in [6, 6.07) is 6.32. The highest BCUT2D eigenvalue weighted by Crippen LogP contribution is 2.32. The van der Waals surface area contributed by atoms with Crippen molar-refractivity contribution in [1.29, 1.82) is 0 Å². The molecule has 1 N–H and O–H groups in total. The van der Waals surface area contributed by atoms with Crippen LogP contribution in [-0.2, 0) is 22.4 Å². The lowest BCUT2D eigenvalue weighted by molar-refractivity contribution is -0.119. The number of carbonyl (C=O) groups excluding carboxylic acids is 2. The first-order chi connectivity index (χ1) is 11.4. The number of aryl methyl sites for hydroxylation is 1. The third-order valence-electron chi connectivity index (χ3n) is 5.34. The number of nitrogens with one attached hydrogen (secondary N) is 1. The molecule has 5 heteroatoms. The Kier molecular flexibility index (Phi) is 4.78. The first kappa shape index (κ1) is 16.8. The van der Waals surface area contributed by atoms with Gasteiger partial charge in [-0.15, -0.1) is 0 Å². The van der Waals surface area contributed by atoms with E-state index < -0.39 is 0 Å². The van der Waals surface area contributed by atoms with Crippen LogP contribution >= 0.6 is 0 Å². The van der Waals surface area contributed by atoms with Gasteiger partial charge in [-0.25, -0.2) is 4.79 Å². The Morgan fingerprint density at radius 3 is 2.83 bits per heavy atom. The highest BCUT2D eigenvalue weighted by molar-refractivity contribution is 5.90. The first-order valence-electron chi connectivity index (χ1n) is 8.78. The summed E-state index contributed by atoms with van der Waals surface area (Å²) in [6.07, 6.45) is 2.73. The summed E-state index contributed by atoms with van der Waals surface area (Å²) in [5.41, 5.74) is 3.64. The number of rotatable bonds is 3. The number of amides is 2. The zero-order valence-electron chi connectivity index (χ0n) is 14.7. The third-order valence-corrected chi connectivity index (χ3v) is 5.34. The summed E-state index contributed by atoms with van der Waals surface area (Å²) in [5, 5.41) is 2.71. The number of hydrogen-bond acceptors (Lipinski definition) is 3. The highest BCUT2D eigenvalue weighted by atomic mass is 16.6. The van der Waals surface area contributed by atoms with Crippen molar-refractivity contribution in [3.63, 3.8) is 0 Å². The minimum atomic E-state index is -0.333. The second-order valence-corrected chi connectivity index (χ2v) is 7.20. The molecule has 130 valence electrons. The number of benzene rings is 1. The molecule has 1 heterocycles. The molecule has 1 aromatic rings. The zero-order valence-corrected chi connectivity index (χ0v) is 14.7. The summed E-state index contributed by atoms with van der Waals surface area (Å²) in [4.78, 5) is 24.8. The Morgan fingerprint density at radius 2 is 2.08 bits per heavy atom. The van der Waals surface area contributed by atoms with Crippen LogP contribution in [0.4, 0.5) is 10.5 Å². The molecule has 5 nitrogen and oxygen atoms in total. The van der Waals surface area contributed by atoms with Crippen LogP contribution < -0.4 is 10.2 Å². The first-order valence-corrected chi connectivity index (χ1v) is 8.78. The molecular weight excluding hydrogens is 304 g/mol. The predicted octanol–water partition coefficient (Wildman–Crippen LogP) is 2.91. The summed E-state index contributed by atoms with van der Waals surface area (Å²) in [6.45, 7) is 6.94. The van der Waals surface area contributed by atoms with Crippen molar-refractivity contribution in [2.75, 3.05) is 18.0 Å². The van der Waals surface area contributed by atoms with Crippen LogP contribution in [0.3, 0.4) is 0 Å². The van der Waals surface area contributed by atoms with Crippen LogP contribution in [0.25, 0.3) is 0 Å². The Bertz CT molecular complexity index is 643. The number of carbonyl (C=O) groups is 2. The standard InChI is InChI=1S/C19H26N2O3/c1-12-4-5-16-9-17(7-6-15(16)8-13(12)2)21-11-18(24-19(21)23)10-20-14(3)22/h6-7,9,12-13,18H,4-5,8,10-11H2,1-3H3,(H,20,22)/t12?,13?,18-/m0/s1. The van der Waals surface area contributed by atoms with E-state index >= 15 is 0 Å². The average Bonchev–Trinajstić information content (AvgIpc) is 2.85. The largest absolute Gasteiger partial charge is 0.442 e. The van der Waals surface area contributed by atoms with Crippen LogP contribution in [0.5, 0.6) is 0 Å².